The number of likely N-dealkylation sites (N-methyl/N-ethyl adjacent to an activating group) is 1. The van der Waals surface area contributed by atoms with Gasteiger partial charge in [0, 0.05) is 11.6 Å². The van der Waals surface area contributed by atoms with Gasteiger partial charge in [-0.2, -0.15) is 0 Å². The average Bonchev–Trinajstić information content (AvgIpc) is 3.13. The molecule has 0 saturated carbocycles. The molecule has 0 aromatic heterocycles. The predicted octanol–water partition coefficient (Wildman–Crippen LogP) is 6.24. The summed E-state index contributed by atoms with van der Waals surface area (Å²) in [4.78, 5) is 30.6. The minimum atomic E-state index is -0.994. The third-order valence-electron chi connectivity index (χ3n) is 5.04. The Hall–Kier alpha value is -3.55. The molecule has 0 bridgehead atoms. The van der Waals surface area contributed by atoms with Gasteiger partial charge in [0.05, 0.1) is 16.2 Å². The first-order valence-electron chi connectivity index (χ1n) is 10.5. The molecule has 3 aromatic rings. The summed E-state index contributed by atoms with van der Waals surface area (Å²) in [5.74, 6) is -0.382. The van der Waals surface area contributed by atoms with Crippen molar-refractivity contribution in [3.05, 3.63) is 99.4 Å². The van der Waals surface area contributed by atoms with E-state index in [1.54, 1.807) is 17.0 Å². The van der Waals surface area contributed by atoms with E-state index in [-0.39, 0.29) is 11.5 Å². The van der Waals surface area contributed by atoms with Crippen LogP contribution in [-0.2, 0) is 11.4 Å². The van der Waals surface area contributed by atoms with Gasteiger partial charge >= 0.3 is 5.97 Å². The highest BCUT2D eigenvalue weighted by atomic mass is 35.5. The second-order valence-corrected chi connectivity index (χ2v) is 8.84. The quantitative estimate of drug-likeness (QED) is 0.395. The van der Waals surface area contributed by atoms with Crippen LogP contribution in [0.4, 0.5) is 5.69 Å². The molecule has 0 spiro atoms. The number of nitrogens with zero attached hydrogens (tertiary/aromatic N) is 2. The molecule has 0 atom stereocenters. The fourth-order valence-electron chi connectivity index (χ4n) is 3.22. The minimum absolute atomic E-state index is 0.114. The minimum Gasteiger partial charge on any atom is -0.489 e. The number of ether oxygens (including phenoxy) is 1. The summed E-state index contributed by atoms with van der Waals surface area (Å²) in [6.45, 7) is 2.80. The summed E-state index contributed by atoms with van der Waals surface area (Å²) in [7, 11) is 0. The zero-order valence-corrected chi connectivity index (χ0v) is 19.8. The predicted molar refractivity (Wildman–Crippen MR) is 136 cm³/mol. The van der Waals surface area contributed by atoms with Crippen molar-refractivity contribution in [2.75, 3.05) is 6.54 Å². The maximum absolute atomic E-state index is 12.9. The van der Waals surface area contributed by atoms with Gasteiger partial charge in [0.1, 0.15) is 12.4 Å². The molecule has 1 N–H and O–H groups in total. The summed E-state index contributed by atoms with van der Waals surface area (Å²) in [6.07, 6.45) is 1.83. The SMILES string of the molecule is CCN1C(=O)/C(=C\c2ccc(OCc3ccc(Cl)cc3)cc2)SC1=Nc1ccc(C(=O)O)cc1. The molecule has 1 heterocycles. The van der Waals surface area contributed by atoms with Gasteiger partial charge in [-0.3, -0.25) is 9.69 Å². The smallest absolute Gasteiger partial charge is 0.335 e. The average molecular weight is 493 g/mol. The highest BCUT2D eigenvalue weighted by Gasteiger charge is 2.32. The number of benzene rings is 3. The number of aromatic carboxylic acids is 1. The number of thioether (sulfide) groups is 1. The molecule has 0 radical (unpaired) electrons. The summed E-state index contributed by atoms with van der Waals surface area (Å²) in [5.41, 5.74) is 2.67. The Morgan fingerprint density at radius 1 is 1.06 bits per heavy atom. The molecule has 1 aliphatic heterocycles. The van der Waals surface area contributed by atoms with Crippen LogP contribution < -0.4 is 4.74 Å². The first-order valence-corrected chi connectivity index (χ1v) is 11.7. The summed E-state index contributed by atoms with van der Waals surface area (Å²) < 4.78 is 5.82. The third kappa shape index (κ3) is 5.68. The highest BCUT2D eigenvalue weighted by molar-refractivity contribution is 8.18. The van der Waals surface area contributed by atoms with Crippen molar-refractivity contribution < 1.29 is 19.4 Å². The number of hydrogen-bond donors (Lipinski definition) is 1. The zero-order chi connectivity index (χ0) is 24.1. The van der Waals surface area contributed by atoms with Crippen LogP contribution in [0, 0.1) is 0 Å². The van der Waals surface area contributed by atoms with E-state index in [0.717, 1.165) is 16.9 Å². The van der Waals surface area contributed by atoms with Crippen LogP contribution >= 0.6 is 23.4 Å². The molecular formula is C26H21ClN2O4S. The lowest BCUT2D eigenvalue weighted by molar-refractivity contribution is -0.122. The number of amides is 1. The van der Waals surface area contributed by atoms with E-state index in [1.165, 1.54) is 23.9 Å². The fraction of sp³-hybridized carbons (Fsp3) is 0.115. The van der Waals surface area contributed by atoms with Gasteiger partial charge in [0.2, 0.25) is 0 Å². The van der Waals surface area contributed by atoms with Crippen molar-refractivity contribution in [2.24, 2.45) is 4.99 Å². The van der Waals surface area contributed by atoms with E-state index < -0.39 is 5.97 Å². The van der Waals surface area contributed by atoms with Crippen LogP contribution in [0.3, 0.4) is 0 Å². The lowest BCUT2D eigenvalue weighted by Crippen LogP contribution is -2.28. The summed E-state index contributed by atoms with van der Waals surface area (Å²) in [6, 6.07) is 21.3. The number of carboxylic acid groups (broad SMARTS) is 1. The lowest BCUT2D eigenvalue weighted by Gasteiger charge is -2.12. The van der Waals surface area contributed by atoms with Gasteiger partial charge in [-0.15, -0.1) is 0 Å². The Bertz CT molecular complexity index is 1250. The molecule has 1 saturated heterocycles. The monoisotopic (exact) mass is 492 g/mol. The van der Waals surface area contributed by atoms with E-state index in [0.29, 0.717) is 33.9 Å². The largest absolute Gasteiger partial charge is 0.489 e. The molecule has 0 aliphatic carbocycles. The van der Waals surface area contributed by atoms with Gasteiger partial charge in [-0.25, -0.2) is 9.79 Å². The Morgan fingerprint density at radius 3 is 2.35 bits per heavy atom. The highest BCUT2D eigenvalue weighted by Crippen LogP contribution is 2.34. The molecule has 6 nitrogen and oxygen atoms in total. The number of hydrogen-bond acceptors (Lipinski definition) is 5. The van der Waals surface area contributed by atoms with Crippen LogP contribution in [0.1, 0.15) is 28.4 Å². The standard InChI is InChI=1S/C26H21ClN2O4S/c1-2-29-24(30)23(34-26(29)28-21-11-7-19(8-12-21)25(31)32)15-17-5-13-22(14-6-17)33-16-18-3-9-20(27)10-4-18/h3-15H,2,16H2,1H3,(H,31,32)/b23-15+,28-26?. The van der Waals surface area contributed by atoms with Crippen LogP contribution in [-0.4, -0.2) is 33.6 Å². The number of aliphatic imine (C=N–C) groups is 1. The van der Waals surface area contributed by atoms with Gasteiger partial charge in [0.15, 0.2) is 5.17 Å². The van der Waals surface area contributed by atoms with E-state index in [2.05, 4.69) is 4.99 Å². The Morgan fingerprint density at radius 2 is 1.74 bits per heavy atom. The summed E-state index contributed by atoms with van der Waals surface area (Å²) >= 11 is 7.20. The molecule has 1 amide bonds. The van der Waals surface area contributed by atoms with Crippen molar-refractivity contribution in [1.29, 1.82) is 0 Å². The molecule has 4 rings (SSSR count). The second kappa shape index (κ2) is 10.6. The van der Waals surface area contributed by atoms with Gasteiger partial charge in [-0.1, -0.05) is 35.9 Å². The van der Waals surface area contributed by atoms with Crippen LogP contribution in [0.5, 0.6) is 5.75 Å². The van der Waals surface area contributed by atoms with Crippen molar-refractivity contribution in [3.63, 3.8) is 0 Å². The first kappa shape index (κ1) is 23.6. The maximum Gasteiger partial charge on any atom is 0.335 e. The number of rotatable bonds is 7. The molecule has 1 aliphatic rings. The van der Waals surface area contributed by atoms with Crippen molar-refractivity contribution in [3.8, 4) is 5.75 Å². The van der Waals surface area contributed by atoms with E-state index in [4.69, 9.17) is 21.4 Å². The molecule has 8 heteroatoms. The second-order valence-electron chi connectivity index (χ2n) is 7.39. The topological polar surface area (TPSA) is 79.2 Å². The van der Waals surface area contributed by atoms with E-state index >= 15 is 0 Å². The molecule has 1 fully saturated rings. The van der Waals surface area contributed by atoms with Crippen LogP contribution in [0.15, 0.2) is 82.7 Å². The number of carbonyl (C=O) groups is 2. The molecule has 172 valence electrons. The van der Waals surface area contributed by atoms with Crippen LogP contribution in [0.2, 0.25) is 5.02 Å². The summed E-state index contributed by atoms with van der Waals surface area (Å²) in [5, 5.41) is 10.3. The fourth-order valence-corrected chi connectivity index (χ4v) is 4.41. The number of amidine groups is 1. The first-order chi connectivity index (χ1) is 16.4. The van der Waals surface area contributed by atoms with Crippen molar-refractivity contribution in [1.82, 2.24) is 4.90 Å². The van der Waals surface area contributed by atoms with E-state index in [9.17, 15) is 9.59 Å². The van der Waals surface area contributed by atoms with Gasteiger partial charge in [0.25, 0.3) is 5.91 Å². The van der Waals surface area contributed by atoms with Crippen LogP contribution in [0.25, 0.3) is 6.08 Å². The molecule has 0 unspecified atom stereocenters. The zero-order valence-electron chi connectivity index (χ0n) is 18.3. The van der Waals surface area contributed by atoms with E-state index in [1.807, 2.05) is 61.5 Å². The Balaban J connectivity index is 1.46. The van der Waals surface area contributed by atoms with Crippen molar-refractivity contribution in [2.45, 2.75) is 13.5 Å². The van der Waals surface area contributed by atoms with Gasteiger partial charge < -0.3 is 9.84 Å². The normalized spacial score (nSPS) is 15.8. The number of carbonyl (C=O) groups excluding carboxylic acids is 1. The number of carboxylic acids is 1. The van der Waals surface area contributed by atoms with Gasteiger partial charge in [-0.05, 0) is 84.4 Å². The Kier molecular flexibility index (Phi) is 7.35. The number of halogens is 1. The molecule has 34 heavy (non-hydrogen) atoms. The lowest BCUT2D eigenvalue weighted by atomic mass is 10.2. The maximum atomic E-state index is 12.9. The van der Waals surface area contributed by atoms with Crippen molar-refractivity contribution >= 4 is 52.2 Å². The Labute approximate surface area is 206 Å². The molecule has 3 aromatic carbocycles. The third-order valence-corrected chi connectivity index (χ3v) is 6.30. The molecular weight excluding hydrogens is 472 g/mol.